The van der Waals surface area contributed by atoms with Gasteiger partial charge in [-0.1, -0.05) is 6.92 Å². The second kappa shape index (κ2) is 7.57. The molecule has 5 heteroatoms. The fraction of sp³-hybridized carbons (Fsp3) is 0.706. The maximum Gasteiger partial charge on any atom is 0.239 e. The van der Waals surface area contributed by atoms with E-state index in [2.05, 4.69) is 44.0 Å². The smallest absolute Gasteiger partial charge is 0.239 e. The van der Waals surface area contributed by atoms with Crippen LogP contribution in [-0.2, 0) is 4.79 Å². The number of aryl methyl sites for hydroxylation is 2. The van der Waals surface area contributed by atoms with E-state index >= 15 is 0 Å². The highest BCUT2D eigenvalue weighted by molar-refractivity contribution is 7.12. The minimum Gasteiger partial charge on any atom is -0.339 e. The van der Waals surface area contributed by atoms with Gasteiger partial charge in [0.05, 0.1) is 6.04 Å². The first-order valence-electron chi connectivity index (χ1n) is 8.26. The first-order valence-corrected chi connectivity index (χ1v) is 9.08. The van der Waals surface area contributed by atoms with Gasteiger partial charge in [0, 0.05) is 42.0 Å². The Kier molecular flexibility index (Phi) is 6.01. The highest BCUT2D eigenvalue weighted by Gasteiger charge is 2.25. The van der Waals surface area contributed by atoms with Crippen molar-refractivity contribution in [3.8, 4) is 0 Å². The molecule has 0 bridgehead atoms. The molecule has 2 unspecified atom stereocenters. The molecule has 4 nitrogen and oxygen atoms in total. The van der Waals surface area contributed by atoms with Gasteiger partial charge in [-0.15, -0.1) is 11.3 Å². The summed E-state index contributed by atoms with van der Waals surface area (Å²) in [5.41, 5.74) is 1.32. The van der Waals surface area contributed by atoms with Crippen molar-refractivity contribution in [2.24, 2.45) is 0 Å². The number of hydrogen-bond donors (Lipinski definition) is 1. The van der Waals surface area contributed by atoms with E-state index in [0.29, 0.717) is 0 Å². The molecular weight excluding hydrogens is 294 g/mol. The number of nitrogens with one attached hydrogen (secondary N) is 1. The molecule has 0 spiro atoms. The molecule has 0 saturated carbocycles. The quantitative estimate of drug-likeness (QED) is 0.904. The summed E-state index contributed by atoms with van der Waals surface area (Å²) in [6.07, 6.45) is 0. The number of amides is 1. The predicted molar refractivity (Wildman–Crippen MR) is 93.5 cm³/mol. The number of thiophene rings is 1. The molecular formula is C17H29N3OS. The van der Waals surface area contributed by atoms with Gasteiger partial charge in [-0.05, 0) is 45.9 Å². The summed E-state index contributed by atoms with van der Waals surface area (Å²) in [4.78, 5) is 19.7. The number of piperazine rings is 1. The average Bonchev–Trinajstić information content (AvgIpc) is 2.85. The molecule has 1 saturated heterocycles. The van der Waals surface area contributed by atoms with Crippen molar-refractivity contribution in [1.29, 1.82) is 0 Å². The Hall–Kier alpha value is -0.910. The van der Waals surface area contributed by atoms with Crippen LogP contribution in [0.25, 0.3) is 0 Å². The lowest BCUT2D eigenvalue weighted by Crippen LogP contribution is -2.53. The number of rotatable bonds is 5. The second-order valence-corrected chi connectivity index (χ2v) is 7.70. The number of carbonyl (C=O) groups excluding carboxylic acids is 1. The monoisotopic (exact) mass is 323 g/mol. The third-order valence-electron chi connectivity index (χ3n) is 4.55. The molecule has 1 aromatic heterocycles. The van der Waals surface area contributed by atoms with Gasteiger partial charge in [0.1, 0.15) is 0 Å². The van der Waals surface area contributed by atoms with E-state index in [9.17, 15) is 4.79 Å². The Balaban J connectivity index is 1.90. The van der Waals surface area contributed by atoms with Crippen molar-refractivity contribution in [2.45, 2.75) is 46.7 Å². The van der Waals surface area contributed by atoms with Gasteiger partial charge >= 0.3 is 0 Å². The van der Waals surface area contributed by atoms with Crippen molar-refractivity contribution in [1.82, 2.24) is 15.1 Å². The van der Waals surface area contributed by atoms with E-state index in [4.69, 9.17) is 0 Å². The zero-order valence-corrected chi connectivity index (χ0v) is 15.3. The van der Waals surface area contributed by atoms with E-state index in [-0.39, 0.29) is 18.0 Å². The highest BCUT2D eigenvalue weighted by atomic mass is 32.1. The van der Waals surface area contributed by atoms with Crippen molar-refractivity contribution in [3.05, 3.63) is 21.4 Å². The minimum atomic E-state index is -0.136. The third kappa shape index (κ3) is 4.09. The fourth-order valence-corrected chi connectivity index (χ4v) is 4.20. The molecule has 22 heavy (non-hydrogen) atoms. The molecule has 1 aromatic rings. The summed E-state index contributed by atoms with van der Waals surface area (Å²) < 4.78 is 0. The van der Waals surface area contributed by atoms with Gasteiger partial charge in [0.15, 0.2) is 0 Å². The van der Waals surface area contributed by atoms with Crippen LogP contribution in [0.5, 0.6) is 0 Å². The molecule has 2 heterocycles. The number of likely N-dealkylation sites (N-methyl/N-ethyl adjacent to an activating group) is 1. The van der Waals surface area contributed by atoms with Gasteiger partial charge < -0.3 is 9.80 Å². The summed E-state index contributed by atoms with van der Waals surface area (Å²) in [7, 11) is 0. The Morgan fingerprint density at radius 1 is 1.27 bits per heavy atom. The second-order valence-electron chi connectivity index (χ2n) is 6.24. The molecule has 0 aromatic carbocycles. The van der Waals surface area contributed by atoms with E-state index in [1.165, 1.54) is 15.3 Å². The zero-order chi connectivity index (χ0) is 16.3. The Labute approximate surface area is 138 Å². The fourth-order valence-electron chi connectivity index (χ4n) is 3.17. The lowest BCUT2D eigenvalue weighted by atomic mass is 10.1. The maximum atomic E-state index is 12.6. The van der Waals surface area contributed by atoms with E-state index in [0.717, 1.165) is 32.7 Å². The van der Waals surface area contributed by atoms with E-state index in [1.54, 1.807) is 0 Å². The Morgan fingerprint density at radius 3 is 2.41 bits per heavy atom. The van der Waals surface area contributed by atoms with Crippen LogP contribution < -0.4 is 5.32 Å². The summed E-state index contributed by atoms with van der Waals surface area (Å²) in [5, 5.41) is 3.47. The molecule has 2 atom stereocenters. The van der Waals surface area contributed by atoms with Crippen LogP contribution in [0, 0.1) is 13.8 Å². The number of carbonyl (C=O) groups is 1. The van der Waals surface area contributed by atoms with Crippen molar-refractivity contribution in [2.75, 3.05) is 32.7 Å². The zero-order valence-electron chi connectivity index (χ0n) is 14.5. The van der Waals surface area contributed by atoms with Crippen LogP contribution in [0.2, 0.25) is 0 Å². The molecule has 0 aliphatic carbocycles. The lowest BCUT2D eigenvalue weighted by molar-refractivity contribution is -0.135. The summed E-state index contributed by atoms with van der Waals surface area (Å²) in [6.45, 7) is 15.4. The summed E-state index contributed by atoms with van der Waals surface area (Å²) in [6, 6.07) is 2.30. The highest BCUT2D eigenvalue weighted by Crippen LogP contribution is 2.26. The number of nitrogens with zero attached hydrogens (tertiary/aromatic N) is 2. The van der Waals surface area contributed by atoms with E-state index in [1.807, 2.05) is 23.2 Å². The van der Waals surface area contributed by atoms with Crippen molar-refractivity contribution >= 4 is 17.2 Å². The van der Waals surface area contributed by atoms with Gasteiger partial charge in [-0.25, -0.2) is 0 Å². The number of hydrogen-bond acceptors (Lipinski definition) is 4. The Bertz CT molecular complexity index is 506. The molecule has 1 amide bonds. The van der Waals surface area contributed by atoms with Crippen LogP contribution in [-0.4, -0.2) is 54.5 Å². The molecule has 1 N–H and O–H groups in total. The molecule has 124 valence electrons. The summed E-state index contributed by atoms with van der Waals surface area (Å²) >= 11 is 1.82. The predicted octanol–water partition coefficient (Wildman–Crippen LogP) is 2.57. The molecule has 1 aliphatic rings. The van der Waals surface area contributed by atoms with Gasteiger partial charge in [-0.2, -0.15) is 0 Å². The minimum absolute atomic E-state index is 0.136. The largest absolute Gasteiger partial charge is 0.339 e. The first kappa shape index (κ1) is 17.4. The molecule has 1 aliphatic heterocycles. The standard InChI is InChI=1S/C17H29N3OS/c1-6-19-7-9-20(10-8-19)17(21)14(4)18-13(3)16-11-12(2)22-15(16)5/h11,13-14,18H,6-10H2,1-5H3. The van der Waals surface area contributed by atoms with Gasteiger partial charge in [-0.3, -0.25) is 10.1 Å². The van der Waals surface area contributed by atoms with Gasteiger partial charge in [0.2, 0.25) is 5.91 Å². The van der Waals surface area contributed by atoms with Crippen LogP contribution >= 0.6 is 11.3 Å². The van der Waals surface area contributed by atoms with Crippen molar-refractivity contribution < 1.29 is 4.79 Å². The van der Waals surface area contributed by atoms with Crippen LogP contribution in [0.1, 0.15) is 42.1 Å². The Morgan fingerprint density at radius 2 is 1.91 bits per heavy atom. The molecule has 1 fully saturated rings. The average molecular weight is 324 g/mol. The van der Waals surface area contributed by atoms with Crippen LogP contribution in [0.15, 0.2) is 6.07 Å². The SMILES string of the molecule is CCN1CCN(C(=O)C(C)NC(C)c2cc(C)sc2C)CC1. The van der Waals surface area contributed by atoms with E-state index < -0.39 is 0 Å². The van der Waals surface area contributed by atoms with Crippen LogP contribution in [0.4, 0.5) is 0 Å². The normalized spacial score (nSPS) is 19.2. The van der Waals surface area contributed by atoms with Crippen molar-refractivity contribution in [3.63, 3.8) is 0 Å². The molecule has 0 radical (unpaired) electrons. The topological polar surface area (TPSA) is 35.6 Å². The van der Waals surface area contributed by atoms with Gasteiger partial charge in [0.25, 0.3) is 0 Å². The summed E-state index contributed by atoms with van der Waals surface area (Å²) in [5.74, 6) is 0.229. The third-order valence-corrected chi connectivity index (χ3v) is 5.53. The first-order chi connectivity index (χ1) is 10.4. The molecule has 2 rings (SSSR count). The maximum absolute atomic E-state index is 12.6. The lowest BCUT2D eigenvalue weighted by Gasteiger charge is -2.36. The van der Waals surface area contributed by atoms with Crippen LogP contribution in [0.3, 0.4) is 0 Å².